The number of carboxylic acid groups (broad SMARTS) is 1. The summed E-state index contributed by atoms with van der Waals surface area (Å²) in [6.45, 7) is -4.06. The zero-order valence-corrected chi connectivity index (χ0v) is 17.4. The first-order valence-electron chi connectivity index (χ1n) is 10.6. The van der Waals surface area contributed by atoms with Gasteiger partial charge in [0.15, 0.2) is 6.56 Å². The summed E-state index contributed by atoms with van der Waals surface area (Å²) in [7, 11) is 0. The molecule has 1 fully saturated rings. The van der Waals surface area contributed by atoms with Crippen LogP contribution in [0.25, 0.3) is 0 Å². The van der Waals surface area contributed by atoms with E-state index in [9.17, 15) is 18.0 Å². The quantitative estimate of drug-likeness (QED) is 0.452. The van der Waals surface area contributed by atoms with Gasteiger partial charge >= 0.3 is 18.2 Å². The number of halogens is 4. The van der Waals surface area contributed by atoms with Crippen LogP contribution in [0.3, 0.4) is 0 Å². The average Bonchev–Trinajstić information content (AvgIpc) is 3.59. The summed E-state index contributed by atoms with van der Waals surface area (Å²) in [5.41, 5.74) is 0.975. The Hall–Kier alpha value is -3.60. The van der Waals surface area contributed by atoms with Crippen molar-refractivity contribution in [2.75, 3.05) is 16.8 Å². The van der Waals surface area contributed by atoms with Crippen LogP contribution >= 0.6 is 11.6 Å². The first-order chi connectivity index (χ1) is 16.4. The number of benzene rings is 2. The largest absolute Gasteiger partial charge is 0.478 e. The van der Waals surface area contributed by atoms with Gasteiger partial charge in [-0.2, -0.15) is 28.1 Å². The van der Waals surface area contributed by atoms with Crippen LogP contribution in [0.1, 0.15) is 25.9 Å². The number of rotatable bonds is 8. The lowest BCUT2D eigenvalue weighted by atomic mass is 10.2. The van der Waals surface area contributed by atoms with Gasteiger partial charge in [-0.15, -0.1) is 0 Å². The second kappa shape index (κ2) is 9.10. The predicted octanol–water partition coefficient (Wildman–Crippen LogP) is 5.21. The number of nitrogens with one attached hydrogen (secondary N) is 1. The van der Waals surface area contributed by atoms with Crippen molar-refractivity contribution in [3.8, 4) is 6.01 Å². The summed E-state index contributed by atoms with van der Waals surface area (Å²) in [6.07, 6.45) is -3.80. The number of carboxylic acids is 1. The summed E-state index contributed by atoms with van der Waals surface area (Å²) < 4.78 is 58.4. The number of hydrogen-bond donors (Lipinski definition) is 2. The number of alkyl halides is 3. The molecule has 1 aromatic heterocycles. The minimum absolute atomic E-state index is 0.0249. The van der Waals surface area contributed by atoms with E-state index in [-0.39, 0.29) is 23.5 Å². The second-order valence-corrected chi connectivity index (χ2v) is 7.47. The molecule has 2 N–H and O–H groups in total. The lowest BCUT2D eigenvalue weighted by Gasteiger charge is -2.23. The number of nitrogens with zero attached hydrogens (tertiary/aromatic N) is 4. The minimum atomic E-state index is -5.34. The molecule has 8 nitrogen and oxygen atoms in total. The van der Waals surface area contributed by atoms with Gasteiger partial charge in [-0.05, 0) is 61.4 Å². The van der Waals surface area contributed by atoms with Gasteiger partial charge in [0, 0.05) is 22.4 Å². The molecule has 1 saturated carbocycles. The Morgan fingerprint density at radius 2 is 1.82 bits per heavy atom. The monoisotopic (exact) mass is 481 g/mol. The Bertz CT molecular complexity index is 1230. The van der Waals surface area contributed by atoms with Gasteiger partial charge in [0.1, 0.15) is 0 Å². The first kappa shape index (κ1) is 20.0. The van der Waals surface area contributed by atoms with Crippen LogP contribution in [-0.4, -0.2) is 44.8 Å². The second-order valence-electron chi connectivity index (χ2n) is 7.03. The molecule has 172 valence electrons. The van der Waals surface area contributed by atoms with E-state index in [1.54, 1.807) is 29.2 Å². The van der Waals surface area contributed by atoms with Gasteiger partial charge in [-0.1, -0.05) is 11.6 Å². The highest BCUT2D eigenvalue weighted by Gasteiger charge is 2.34. The Labute approximate surface area is 193 Å². The summed E-state index contributed by atoms with van der Waals surface area (Å²) in [5.74, 6) is -1.43. The number of ether oxygens (including phenoxy) is 1. The number of anilines is 4. The summed E-state index contributed by atoms with van der Waals surface area (Å²) in [6, 6.07) is 11.2. The van der Waals surface area contributed by atoms with Crippen molar-refractivity contribution >= 4 is 40.8 Å². The highest BCUT2D eigenvalue weighted by atomic mass is 35.5. The zero-order valence-electron chi connectivity index (χ0n) is 18.7. The molecule has 0 bridgehead atoms. The Morgan fingerprint density at radius 3 is 2.39 bits per heavy atom. The molecule has 1 heterocycles. The molecule has 0 atom stereocenters. The maximum atomic E-state index is 13.1. The Balaban J connectivity index is 1.74. The van der Waals surface area contributed by atoms with Crippen molar-refractivity contribution in [3.05, 3.63) is 59.1 Å². The molecule has 1 aliphatic carbocycles. The lowest BCUT2D eigenvalue weighted by molar-refractivity contribution is -0.154. The molecule has 12 heteroatoms. The number of aromatic carboxylic acids is 1. The molecule has 0 spiro atoms. The summed E-state index contributed by atoms with van der Waals surface area (Å²) in [5, 5.41) is 12.3. The Kier molecular flexibility index (Phi) is 5.53. The van der Waals surface area contributed by atoms with Crippen molar-refractivity contribution in [1.29, 1.82) is 0 Å². The van der Waals surface area contributed by atoms with Crippen LogP contribution in [0.15, 0.2) is 48.5 Å². The van der Waals surface area contributed by atoms with Gasteiger partial charge in [0.25, 0.3) is 0 Å². The molecule has 0 amide bonds. The normalized spacial score (nSPS) is 14.8. The van der Waals surface area contributed by atoms with E-state index in [2.05, 4.69) is 25.0 Å². The van der Waals surface area contributed by atoms with E-state index in [1.807, 2.05) is 0 Å². The maximum absolute atomic E-state index is 13.1. The molecule has 1 aliphatic rings. The smallest absolute Gasteiger partial charge is 0.422 e. The van der Waals surface area contributed by atoms with Gasteiger partial charge in [0.05, 0.1) is 8.30 Å². The van der Waals surface area contributed by atoms with Crippen molar-refractivity contribution in [2.45, 2.75) is 25.1 Å². The van der Waals surface area contributed by atoms with Crippen LogP contribution in [0.4, 0.5) is 36.4 Å². The third kappa shape index (κ3) is 6.01. The minimum Gasteiger partial charge on any atom is -0.478 e. The first-order valence-corrected chi connectivity index (χ1v) is 9.98. The van der Waals surface area contributed by atoms with Gasteiger partial charge in [-0.25, -0.2) is 4.79 Å². The number of carbonyl (C=O) groups is 1. The van der Waals surface area contributed by atoms with E-state index in [0.29, 0.717) is 16.4 Å². The van der Waals surface area contributed by atoms with Crippen LogP contribution in [-0.2, 0) is 0 Å². The molecule has 0 unspecified atom stereocenters. The molecule has 2 aromatic carbocycles. The van der Waals surface area contributed by atoms with Gasteiger partial charge in [0.2, 0.25) is 11.9 Å². The third-order valence-electron chi connectivity index (χ3n) is 4.48. The van der Waals surface area contributed by atoms with Crippen molar-refractivity contribution in [2.24, 2.45) is 0 Å². The van der Waals surface area contributed by atoms with Gasteiger partial charge in [-0.3, -0.25) is 0 Å². The van der Waals surface area contributed by atoms with Gasteiger partial charge < -0.3 is 20.1 Å². The maximum Gasteiger partial charge on any atom is 0.422 e. The zero-order chi connectivity index (χ0) is 25.4. The lowest BCUT2D eigenvalue weighted by Crippen LogP contribution is -2.24. The SMILES string of the molecule is [2H]C([2H])(Oc1nc(Nc2ccc(C(=O)O)cc2)nc(N(c2ccc(Cl)cc2)C2CC2)n1)C(F)(F)F. The van der Waals surface area contributed by atoms with Crippen LogP contribution in [0, 0.1) is 0 Å². The van der Waals surface area contributed by atoms with Crippen molar-refractivity contribution in [3.63, 3.8) is 0 Å². The number of hydrogen-bond acceptors (Lipinski definition) is 7. The predicted molar refractivity (Wildman–Crippen MR) is 115 cm³/mol. The summed E-state index contributed by atoms with van der Waals surface area (Å²) >= 11 is 5.97. The molecular formula is C21H17ClF3N5O3. The highest BCUT2D eigenvalue weighted by Crippen LogP contribution is 2.37. The third-order valence-corrected chi connectivity index (χ3v) is 4.73. The molecule has 4 rings (SSSR count). The highest BCUT2D eigenvalue weighted by molar-refractivity contribution is 6.30. The molecule has 33 heavy (non-hydrogen) atoms. The fraction of sp³-hybridized carbons (Fsp3) is 0.238. The molecule has 0 aliphatic heterocycles. The van der Waals surface area contributed by atoms with Crippen LogP contribution < -0.4 is 15.0 Å². The standard InChI is InChI=1S/C21H17ClF3N5O3/c22-13-3-7-15(8-4-13)30(16-9-10-16)19-27-18(28-20(29-19)33-11-21(23,24)25)26-14-5-1-12(2-6-14)17(31)32/h1-8,16H,9-11H2,(H,31,32)(H,26,27,28,29)/i11D2. The van der Waals surface area contributed by atoms with Crippen LogP contribution in [0.5, 0.6) is 6.01 Å². The summed E-state index contributed by atoms with van der Waals surface area (Å²) in [4.78, 5) is 24.8. The molecule has 0 radical (unpaired) electrons. The fourth-order valence-corrected chi connectivity index (χ4v) is 3.03. The number of aromatic nitrogens is 3. The van der Waals surface area contributed by atoms with Crippen molar-refractivity contribution in [1.82, 2.24) is 15.0 Å². The molecular weight excluding hydrogens is 463 g/mol. The average molecular weight is 482 g/mol. The molecule has 0 saturated heterocycles. The molecule has 3 aromatic rings. The van der Waals surface area contributed by atoms with Crippen molar-refractivity contribution < 1.29 is 30.6 Å². The van der Waals surface area contributed by atoms with E-state index >= 15 is 0 Å². The van der Waals surface area contributed by atoms with E-state index in [4.69, 9.17) is 19.4 Å². The fourth-order valence-electron chi connectivity index (χ4n) is 2.91. The van der Waals surface area contributed by atoms with E-state index < -0.39 is 24.7 Å². The topological polar surface area (TPSA) is 100 Å². The van der Waals surface area contributed by atoms with E-state index in [0.717, 1.165) is 12.8 Å². The van der Waals surface area contributed by atoms with E-state index in [1.165, 1.54) is 24.3 Å². The Morgan fingerprint density at radius 1 is 1.15 bits per heavy atom. The van der Waals surface area contributed by atoms with Crippen LogP contribution in [0.2, 0.25) is 5.02 Å².